The fourth-order valence-corrected chi connectivity index (χ4v) is 4.81. The quantitative estimate of drug-likeness (QED) is 0.619. The Labute approximate surface area is 157 Å². The standard InChI is InChI=1S/C19H20ClN3O2S/c20-14-3-1-5-17(10-14)26(24,25)23-16-6-7-19-18(11-16)13(12-22-19)9-15-4-2-8-21-15/h1,3,5-7,10-12,15,21-23H,2,4,8-9H2/t15-/m1/s1. The van der Waals surface area contributed by atoms with Crippen molar-refractivity contribution in [2.45, 2.75) is 30.2 Å². The molecule has 0 saturated carbocycles. The number of nitrogens with one attached hydrogen (secondary N) is 3. The molecule has 3 N–H and O–H groups in total. The number of rotatable bonds is 5. The van der Waals surface area contributed by atoms with Gasteiger partial charge < -0.3 is 10.3 Å². The van der Waals surface area contributed by atoms with Gasteiger partial charge in [0.05, 0.1) is 4.90 Å². The van der Waals surface area contributed by atoms with Gasteiger partial charge in [0.2, 0.25) is 0 Å². The van der Waals surface area contributed by atoms with Crippen molar-refractivity contribution in [3.05, 3.63) is 59.2 Å². The summed E-state index contributed by atoms with van der Waals surface area (Å²) in [7, 11) is -3.68. The molecule has 0 aliphatic carbocycles. The molecule has 26 heavy (non-hydrogen) atoms. The third-order valence-corrected chi connectivity index (χ3v) is 6.37. The first-order valence-corrected chi connectivity index (χ1v) is 10.5. The molecule has 2 heterocycles. The van der Waals surface area contributed by atoms with Crippen LogP contribution in [-0.4, -0.2) is 26.0 Å². The Balaban J connectivity index is 1.62. The van der Waals surface area contributed by atoms with E-state index >= 15 is 0 Å². The fourth-order valence-electron chi connectivity index (χ4n) is 3.46. The van der Waals surface area contributed by atoms with Gasteiger partial charge in [-0.3, -0.25) is 4.72 Å². The summed E-state index contributed by atoms with van der Waals surface area (Å²) in [4.78, 5) is 3.42. The lowest BCUT2D eigenvalue weighted by Gasteiger charge is -2.11. The second-order valence-corrected chi connectivity index (χ2v) is 8.75. The van der Waals surface area contributed by atoms with Crippen LogP contribution < -0.4 is 10.0 Å². The molecular weight excluding hydrogens is 370 g/mol. The third kappa shape index (κ3) is 3.58. The molecule has 0 radical (unpaired) electrons. The minimum atomic E-state index is -3.68. The molecule has 1 atom stereocenters. The zero-order valence-electron chi connectivity index (χ0n) is 14.1. The van der Waals surface area contributed by atoms with Crippen LogP contribution in [-0.2, 0) is 16.4 Å². The highest BCUT2D eigenvalue weighted by molar-refractivity contribution is 7.92. The van der Waals surface area contributed by atoms with Crippen LogP contribution in [0.4, 0.5) is 5.69 Å². The van der Waals surface area contributed by atoms with Crippen molar-refractivity contribution >= 4 is 38.2 Å². The fraction of sp³-hybridized carbons (Fsp3) is 0.263. The topological polar surface area (TPSA) is 74.0 Å². The summed E-state index contributed by atoms with van der Waals surface area (Å²) >= 11 is 5.92. The second-order valence-electron chi connectivity index (χ2n) is 6.63. The van der Waals surface area contributed by atoms with E-state index in [0.29, 0.717) is 16.8 Å². The molecule has 0 amide bonds. The smallest absolute Gasteiger partial charge is 0.261 e. The highest BCUT2D eigenvalue weighted by Crippen LogP contribution is 2.26. The second kappa shape index (κ2) is 6.95. The lowest BCUT2D eigenvalue weighted by molar-refractivity contribution is 0.601. The van der Waals surface area contributed by atoms with Crippen molar-refractivity contribution in [1.82, 2.24) is 10.3 Å². The maximum absolute atomic E-state index is 12.6. The number of benzene rings is 2. The summed E-state index contributed by atoms with van der Waals surface area (Å²) in [5, 5.41) is 4.94. The van der Waals surface area contributed by atoms with Crippen LogP contribution in [0.5, 0.6) is 0 Å². The van der Waals surface area contributed by atoms with Gasteiger partial charge in [-0.05, 0) is 67.8 Å². The van der Waals surface area contributed by atoms with Crippen LogP contribution in [0, 0.1) is 0 Å². The number of hydrogen-bond acceptors (Lipinski definition) is 3. The molecule has 3 aromatic rings. The summed E-state index contributed by atoms with van der Waals surface area (Å²) in [6.45, 7) is 1.07. The first kappa shape index (κ1) is 17.4. The normalized spacial score (nSPS) is 17.7. The largest absolute Gasteiger partial charge is 0.361 e. The zero-order chi connectivity index (χ0) is 18.1. The summed E-state index contributed by atoms with van der Waals surface area (Å²) in [6, 6.07) is 12.3. The van der Waals surface area contributed by atoms with Gasteiger partial charge in [-0.1, -0.05) is 17.7 Å². The molecule has 1 aliphatic rings. The lowest BCUT2D eigenvalue weighted by atomic mass is 10.0. The highest BCUT2D eigenvalue weighted by atomic mass is 35.5. The van der Waals surface area contributed by atoms with E-state index in [1.165, 1.54) is 30.5 Å². The monoisotopic (exact) mass is 389 g/mol. The SMILES string of the molecule is O=S(=O)(Nc1ccc2[nH]cc(C[C@H]3CCCN3)c2c1)c1cccc(Cl)c1. The molecule has 1 aromatic heterocycles. The molecule has 5 nitrogen and oxygen atoms in total. The number of sulfonamides is 1. The maximum Gasteiger partial charge on any atom is 0.261 e. The molecule has 7 heteroatoms. The van der Waals surface area contributed by atoms with E-state index in [1.54, 1.807) is 18.2 Å². The van der Waals surface area contributed by atoms with Crippen molar-refractivity contribution < 1.29 is 8.42 Å². The lowest BCUT2D eigenvalue weighted by Crippen LogP contribution is -2.23. The number of hydrogen-bond donors (Lipinski definition) is 3. The number of halogens is 1. The summed E-state index contributed by atoms with van der Waals surface area (Å²) in [5.41, 5.74) is 2.74. The van der Waals surface area contributed by atoms with Crippen LogP contribution >= 0.6 is 11.6 Å². The Morgan fingerprint density at radius 1 is 1.19 bits per heavy atom. The maximum atomic E-state index is 12.6. The zero-order valence-corrected chi connectivity index (χ0v) is 15.7. The van der Waals surface area contributed by atoms with E-state index in [4.69, 9.17) is 11.6 Å². The van der Waals surface area contributed by atoms with Gasteiger partial charge in [0, 0.05) is 33.9 Å². The average Bonchev–Trinajstić information content (AvgIpc) is 3.25. The van der Waals surface area contributed by atoms with Crippen LogP contribution in [0.1, 0.15) is 18.4 Å². The van der Waals surface area contributed by atoms with Crippen LogP contribution in [0.2, 0.25) is 5.02 Å². The molecule has 0 spiro atoms. The molecular formula is C19H20ClN3O2S. The Hall–Kier alpha value is -2.02. The van der Waals surface area contributed by atoms with E-state index in [-0.39, 0.29) is 4.90 Å². The Morgan fingerprint density at radius 3 is 2.85 bits per heavy atom. The molecule has 1 saturated heterocycles. The number of H-pyrrole nitrogens is 1. The third-order valence-electron chi connectivity index (χ3n) is 4.75. The first-order chi connectivity index (χ1) is 12.5. The number of aromatic nitrogens is 1. The Kier molecular flexibility index (Phi) is 4.65. The number of fused-ring (bicyclic) bond motifs is 1. The van der Waals surface area contributed by atoms with Gasteiger partial charge >= 0.3 is 0 Å². The van der Waals surface area contributed by atoms with E-state index in [2.05, 4.69) is 15.0 Å². The molecule has 1 fully saturated rings. The highest BCUT2D eigenvalue weighted by Gasteiger charge is 2.18. The predicted molar refractivity (Wildman–Crippen MR) is 105 cm³/mol. The van der Waals surface area contributed by atoms with Gasteiger partial charge in [0.15, 0.2) is 0 Å². The van der Waals surface area contributed by atoms with Crippen molar-refractivity contribution in [1.29, 1.82) is 0 Å². The average molecular weight is 390 g/mol. The van der Waals surface area contributed by atoms with Gasteiger partial charge in [0.25, 0.3) is 10.0 Å². The van der Waals surface area contributed by atoms with Gasteiger partial charge in [-0.15, -0.1) is 0 Å². The Bertz CT molecular complexity index is 1040. The molecule has 136 valence electrons. The van der Waals surface area contributed by atoms with E-state index < -0.39 is 10.0 Å². The van der Waals surface area contributed by atoms with Crippen molar-refractivity contribution in [3.8, 4) is 0 Å². The summed E-state index contributed by atoms with van der Waals surface area (Å²) in [5.74, 6) is 0. The summed E-state index contributed by atoms with van der Waals surface area (Å²) < 4.78 is 27.9. The van der Waals surface area contributed by atoms with Crippen LogP contribution in [0.15, 0.2) is 53.6 Å². The van der Waals surface area contributed by atoms with E-state index in [1.807, 2.05) is 18.3 Å². The minimum Gasteiger partial charge on any atom is -0.361 e. The van der Waals surface area contributed by atoms with Gasteiger partial charge in [-0.25, -0.2) is 8.42 Å². The van der Waals surface area contributed by atoms with E-state index in [9.17, 15) is 8.42 Å². The van der Waals surface area contributed by atoms with Crippen molar-refractivity contribution in [2.24, 2.45) is 0 Å². The van der Waals surface area contributed by atoms with Crippen LogP contribution in [0.25, 0.3) is 10.9 Å². The predicted octanol–water partition coefficient (Wildman–Crippen LogP) is 3.92. The van der Waals surface area contributed by atoms with Crippen molar-refractivity contribution in [3.63, 3.8) is 0 Å². The van der Waals surface area contributed by atoms with Crippen LogP contribution in [0.3, 0.4) is 0 Å². The van der Waals surface area contributed by atoms with Crippen molar-refractivity contribution in [2.75, 3.05) is 11.3 Å². The Morgan fingerprint density at radius 2 is 2.08 bits per heavy atom. The molecule has 0 bridgehead atoms. The molecule has 2 aromatic carbocycles. The first-order valence-electron chi connectivity index (χ1n) is 8.63. The molecule has 4 rings (SSSR count). The number of aromatic amines is 1. The van der Waals surface area contributed by atoms with Gasteiger partial charge in [-0.2, -0.15) is 0 Å². The van der Waals surface area contributed by atoms with Gasteiger partial charge in [0.1, 0.15) is 0 Å². The molecule has 1 aliphatic heterocycles. The van der Waals surface area contributed by atoms with E-state index in [0.717, 1.165) is 23.9 Å². The molecule has 0 unspecified atom stereocenters. The minimum absolute atomic E-state index is 0.148. The summed E-state index contributed by atoms with van der Waals surface area (Å²) in [6.07, 6.45) is 5.33. The number of anilines is 1.